The first kappa shape index (κ1) is 19.2. The molecule has 1 heterocycles. The second-order valence-corrected chi connectivity index (χ2v) is 6.95. The lowest BCUT2D eigenvalue weighted by Gasteiger charge is -2.22. The number of nitrogens with zero attached hydrogens (tertiary/aromatic N) is 2. The lowest BCUT2D eigenvalue weighted by Crippen LogP contribution is -2.36. The summed E-state index contributed by atoms with van der Waals surface area (Å²) in [5.74, 6) is -0.0854. The van der Waals surface area contributed by atoms with Gasteiger partial charge in [0.05, 0.1) is 12.1 Å². The number of likely N-dealkylation sites (N-methyl/N-ethyl adjacent to an activating group) is 1. The van der Waals surface area contributed by atoms with Crippen LogP contribution in [-0.4, -0.2) is 42.9 Å². The number of carbonyl (C=O) groups excluding carboxylic acids is 2. The van der Waals surface area contributed by atoms with Gasteiger partial charge in [0.2, 0.25) is 5.91 Å². The van der Waals surface area contributed by atoms with Crippen LogP contribution < -0.4 is 10.2 Å². The normalized spacial score (nSPS) is 13.5. The molecule has 2 aromatic rings. The van der Waals surface area contributed by atoms with E-state index in [-0.39, 0.29) is 18.4 Å². The van der Waals surface area contributed by atoms with Crippen molar-refractivity contribution < 1.29 is 9.59 Å². The van der Waals surface area contributed by atoms with Crippen molar-refractivity contribution in [3.05, 3.63) is 59.1 Å². The number of anilines is 2. The molecule has 6 heteroatoms. The summed E-state index contributed by atoms with van der Waals surface area (Å²) in [6, 6.07) is 14.7. The van der Waals surface area contributed by atoms with E-state index in [1.807, 2.05) is 42.2 Å². The van der Waals surface area contributed by atoms with E-state index in [0.717, 1.165) is 31.6 Å². The molecule has 0 spiro atoms. The maximum Gasteiger partial charge on any atom is 0.255 e. The van der Waals surface area contributed by atoms with Gasteiger partial charge in [-0.1, -0.05) is 29.8 Å². The van der Waals surface area contributed by atoms with Gasteiger partial charge in [0.1, 0.15) is 0 Å². The highest BCUT2D eigenvalue weighted by molar-refractivity contribution is 6.31. The lowest BCUT2D eigenvalue weighted by atomic mass is 10.1. The largest absolute Gasteiger partial charge is 0.375 e. The third-order valence-electron chi connectivity index (χ3n) is 4.72. The minimum Gasteiger partial charge on any atom is -0.375 e. The number of para-hydroxylation sites is 1. The molecular weight excluding hydrogens is 362 g/mol. The van der Waals surface area contributed by atoms with E-state index in [9.17, 15) is 9.59 Å². The van der Waals surface area contributed by atoms with Crippen molar-refractivity contribution in [2.75, 3.05) is 36.4 Å². The molecule has 1 saturated heterocycles. The fourth-order valence-corrected chi connectivity index (χ4v) is 3.49. The lowest BCUT2D eigenvalue weighted by molar-refractivity contribution is -0.116. The van der Waals surface area contributed by atoms with Crippen LogP contribution >= 0.6 is 11.6 Å². The fraction of sp³-hybridized carbons (Fsp3) is 0.333. The molecule has 27 heavy (non-hydrogen) atoms. The molecule has 0 aromatic heterocycles. The van der Waals surface area contributed by atoms with E-state index in [1.165, 1.54) is 0 Å². The summed E-state index contributed by atoms with van der Waals surface area (Å²) < 4.78 is 0. The average Bonchev–Trinajstić information content (AvgIpc) is 3.22. The Morgan fingerprint density at radius 3 is 2.48 bits per heavy atom. The molecule has 3 rings (SSSR count). The van der Waals surface area contributed by atoms with Gasteiger partial charge in [0, 0.05) is 36.0 Å². The zero-order valence-corrected chi connectivity index (χ0v) is 16.2. The maximum absolute atomic E-state index is 12.8. The topological polar surface area (TPSA) is 52.7 Å². The first-order chi connectivity index (χ1) is 13.1. The van der Waals surface area contributed by atoms with Crippen LogP contribution in [0.1, 0.15) is 30.1 Å². The van der Waals surface area contributed by atoms with Gasteiger partial charge in [-0.2, -0.15) is 0 Å². The first-order valence-electron chi connectivity index (χ1n) is 9.28. The molecule has 2 amide bonds. The standard InChI is InChI=1S/C21H24ClN3O2/c1-2-25(17-8-4-3-5-9-17)20(26)15-23-19-14-16(22)10-11-18(19)21(27)24-12-6-7-13-24/h3-5,8-11,14,23H,2,6-7,12-13,15H2,1H3. The molecule has 0 aliphatic carbocycles. The van der Waals surface area contributed by atoms with Crippen molar-refractivity contribution in [3.8, 4) is 0 Å². The minimum atomic E-state index is -0.0664. The van der Waals surface area contributed by atoms with Gasteiger partial charge in [-0.25, -0.2) is 0 Å². The number of carbonyl (C=O) groups is 2. The molecular formula is C21H24ClN3O2. The summed E-state index contributed by atoms with van der Waals surface area (Å²) in [6.45, 7) is 4.14. The molecule has 0 bridgehead atoms. The molecule has 2 aromatic carbocycles. The predicted molar refractivity (Wildman–Crippen MR) is 110 cm³/mol. The average molecular weight is 386 g/mol. The highest BCUT2D eigenvalue weighted by Crippen LogP contribution is 2.24. The monoisotopic (exact) mass is 385 g/mol. The van der Waals surface area contributed by atoms with Crippen LogP contribution in [0, 0.1) is 0 Å². The molecule has 0 saturated carbocycles. The zero-order chi connectivity index (χ0) is 19.2. The number of amides is 2. The number of nitrogens with one attached hydrogen (secondary N) is 1. The van der Waals surface area contributed by atoms with Crippen LogP contribution in [-0.2, 0) is 4.79 Å². The van der Waals surface area contributed by atoms with Crippen LogP contribution in [0.2, 0.25) is 5.02 Å². The Kier molecular flexibility index (Phi) is 6.35. The third kappa shape index (κ3) is 4.61. The highest BCUT2D eigenvalue weighted by Gasteiger charge is 2.22. The Morgan fingerprint density at radius 2 is 1.81 bits per heavy atom. The predicted octanol–water partition coefficient (Wildman–Crippen LogP) is 4.04. The molecule has 142 valence electrons. The number of rotatable bonds is 6. The SMILES string of the molecule is CCN(C(=O)CNc1cc(Cl)ccc1C(=O)N1CCCC1)c1ccccc1. The fourth-order valence-electron chi connectivity index (χ4n) is 3.32. The Bertz CT molecular complexity index is 804. The van der Waals surface area contributed by atoms with E-state index < -0.39 is 0 Å². The molecule has 0 unspecified atom stereocenters. The van der Waals surface area contributed by atoms with Crippen molar-refractivity contribution in [3.63, 3.8) is 0 Å². The minimum absolute atomic E-state index is 0.0190. The van der Waals surface area contributed by atoms with Crippen LogP contribution in [0.15, 0.2) is 48.5 Å². The molecule has 0 atom stereocenters. The van der Waals surface area contributed by atoms with Crippen LogP contribution in [0.5, 0.6) is 0 Å². The summed E-state index contributed by atoms with van der Waals surface area (Å²) in [6.07, 6.45) is 2.06. The van der Waals surface area contributed by atoms with E-state index in [1.54, 1.807) is 23.1 Å². The van der Waals surface area contributed by atoms with Crippen LogP contribution in [0.4, 0.5) is 11.4 Å². The summed E-state index contributed by atoms with van der Waals surface area (Å²) in [5, 5.41) is 3.65. The Hall–Kier alpha value is -2.53. The van der Waals surface area contributed by atoms with Gasteiger partial charge in [-0.05, 0) is 50.1 Å². The quantitative estimate of drug-likeness (QED) is 0.816. The van der Waals surface area contributed by atoms with E-state index >= 15 is 0 Å². The molecule has 1 aliphatic heterocycles. The van der Waals surface area contributed by atoms with Crippen molar-refractivity contribution in [2.24, 2.45) is 0 Å². The Morgan fingerprint density at radius 1 is 1.11 bits per heavy atom. The zero-order valence-electron chi connectivity index (χ0n) is 15.5. The summed E-state index contributed by atoms with van der Waals surface area (Å²) in [7, 11) is 0. The van der Waals surface area contributed by atoms with Gasteiger partial charge in [-0.15, -0.1) is 0 Å². The van der Waals surface area contributed by atoms with Gasteiger partial charge in [0.25, 0.3) is 5.91 Å². The number of hydrogen-bond acceptors (Lipinski definition) is 3. The van der Waals surface area contributed by atoms with E-state index in [2.05, 4.69) is 5.32 Å². The number of hydrogen-bond donors (Lipinski definition) is 1. The second kappa shape index (κ2) is 8.91. The van der Waals surface area contributed by atoms with Gasteiger partial charge >= 0.3 is 0 Å². The number of benzene rings is 2. The highest BCUT2D eigenvalue weighted by atomic mass is 35.5. The van der Waals surface area contributed by atoms with Crippen molar-refractivity contribution in [1.29, 1.82) is 0 Å². The first-order valence-corrected chi connectivity index (χ1v) is 9.66. The van der Waals surface area contributed by atoms with Crippen molar-refractivity contribution in [2.45, 2.75) is 19.8 Å². The van der Waals surface area contributed by atoms with Gasteiger partial charge in [0.15, 0.2) is 0 Å². The molecule has 5 nitrogen and oxygen atoms in total. The molecule has 1 N–H and O–H groups in total. The van der Waals surface area contributed by atoms with E-state index in [0.29, 0.717) is 22.8 Å². The molecule has 0 radical (unpaired) electrons. The van der Waals surface area contributed by atoms with Crippen LogP contribution in [0.3, 0.4) is 0 Å². The van der Waals surface area contributed by atoms with E-state index in [4.69, 9.17) is 11.6 Å². The summed E-state index contributed by atoms with van der Waals surface area (Å²) in [4.78, 5) is 29.0. The molecule has 1 aliphatic rings. The van der Waals surface area contributed by atoms with Gasteiger partial charge in [-0.3, -0.25) is 9.59 Å². The Balaban J connectivity index is 1.74. The summed E-state index contributed by atoms with van der Waals surface area (Å²) >= 11 is 6.12. The Labute approximate surface area is 164 Å². The van der Waals surface area contributed by atoms with Crippen LogP contribution in [0.25, 0.3) is 0 Å². The molecule has 1 fully saturated rings. The second-order valence-electron chi connectivity index (χ2n) is 6.52. The van der Waals surface area contributed by atoms with Crippen molar-refractivity contribution >= 4 is 34.8 Å². The van der Waals surface area contributed by atoms with Crippen molar-refractivity contribution in [1.82, 2.24) is 4.90 Å². The summed E-state index contributed by atoms with van der Waals surface area (Å²) in [5.41, 5.74) is 2.00. The van der Waals surface area contributed by atoms with Gasteiger partial charge < -0.3 is 15.1 Å². The number of halogens is 1. The number of likely N-dealkylation sites (tertiary alicyclic amines) is 1. The smallest absolute Gasteiger partial charge is 0.255 e. The maximum atomic E-state index is 12.8. The third-order valence-corrected chi connectivity index (χ3v) is 4.96.